The number of aliphatic hydroxyl groups excluding tert-OH is 1. The average Bonchev–Trinajstić information content (AvgIpc) is 3.10. The zero-order chi connectivity index (χ0) is 18.8. The number of thioether (sulfide) groups is 1. The summed E-state index contributed by atoms with van der Waals surface area (Å²) in [5, 5.41) is 10.0. The van der Waals surface area contributed by atoms with Gasteiger partial charge in [-0.2, -0.15) is 0 Å². The molecule has 1 aromatic carbocycles. The van der Waals surface area contributed by atoms with Gasteiger partial charge in [-0.15, -0.1) is 11.8 Å². The first-order valence-electron chi connectivity index (χ1n) is 9.11. The highest BCUT2D eigenvalue weighted by Gasteiger charge is 2.54. The molecular weight excluding hydrogens is 348 g/mol. The van der Waals surface area contributed by atoms with Crippen LogP contribution in [0.5, 0.6) is 0 Å². The number of ether oxygens (including phenoxy) is 1. The van der Waals surface area contributed by atoms with Crippen molar-refractivity contribution in [1.29, 1.82) is 0 Å². The van der Waals surface area contributed by atoms with Gasteiger partial charge in [-0.25, -0.2) is 0 Å². The molecule has 1 saturated carbocycles. The molecule has 2 aliphatic rings. The Kier molecular flexibility index (Phi) is 5.88. The number of ketones is 1. The first-order valence-corrected chi connectivity index (χ1v) is 10.1. The van der Waals surface area contributed by atoms with Crippen LogP contribution in [0.25, 0.3) is 0 Å². The molecule has 0 radical (unpaired) electrons. The van der Waals surface area contributed by atoms with E-state index >= 15 is 0 Å². The van der Waals surface area contributed by atoms with E-state index in [0.29, 0.717) is 12.2 Å². The molecule has 1 heterocycles. The van der Waals surface area contributed by atoms with Crippen molar-refractivity contribution in [1.82, 2.24) is 0 Å². The standard InChI is InChI=1S/C21H26O4S/c1-12(2)15-9-18(23)13(3)19(15)20-16(10-22)17(21(24)25-20)11-26-14-7-5-4-6-8-14/h4-8,13,15-17,19-20,22H,1,9-11H2,2-3H3/t13-,15+,16+,17+,19+,20+/m0/s1. The lowest BCUT2D eigenvalue weighted by atomic mass is 9.76. The molecule has 3 rings (SSSR count). The van der Waals surface area contributed by atoms with Crippen LogP contribution in [0.4, 0.5) is 0 Å². The number of benzene rings is 1. The van der Waals surface area contributed by atoms with Gasteiger partial charge in [0.05, 0.1) is 12.5 Å². The van der Waals surface area contributed by atoms with Crippen LogP contribution in [0, 0.1) is 29.6 Å². The SMILES string of the molecule is C=C(C)[C@H]1CC(=O)[C@H](C)[C@H]1[C@@H]1OC(=O)[C@H](CSc2ccccc2)[C@H]1CO. The van der Waals surface area contributed by atoms with Crippen molar-refractivity contribution in [2.45, 2.75) is 31.3 Å². The number of cyclic esters (lactones) is 1. The molecule has 0 bridgehead atoms. The normalized spacial score (nSPS) is 34.1. The van der Waals surface area contributed by atoms with Crippen molar-refractivity contribution < 1.29 is 19.4 Å². The first-order chi connectivity index (χ1) is 12.4. The molecule has 26 heavy (non-hydrogen) atoms. The van der Waals surface area contributed by atoms with Crippen LogP contribution in [-0.4, -0.2) is 35.3 Å². The predicted octanol–water partition coefficient (Wildman–Crippen LogP) is 3.35. The maximum atomic E-state index is 12.5. The second kappa shape index (κ2) is 7.97. The molecule has 4 nitrogen and oxygen atoms in total. The summed E-state index contributed by atoms with van der Waals surface area (Å²) in [4.78, 5) is 25.9. The van der Waals surface area contributed by atoms with Crippen LogP contribution < -0.4 is 0 Å². The summed E-state index contributed by atoms with van der Waals surface area (Å²) in [5.41, 5.74) is 0.947. The fraction of sp³-hybridized carbons (Fsp3) is 0.524. The summed E-state index contributed by atoms with van der Waals surface area (Å²) in [6, 6.07) is 9.89. The second-order valence-corrected chi connectivity index (χ2v) is 8.56. The van der Waals surface area contributed by atoms with E-state index in [0.717, 1.165) is 10.5 Å². The van der Waals surface area contributed by atoms with Gasteiger partial charge in [0.2, 0.25) is 0 Å². The van der Waals surface area contributed by atoms with Gasteiger partial charge in [0.1, 0.15) is 11.9 Å². The zero-order valence-electron chi connectivity index (χ0n) is 15.3. The van der Waals surface area contributed by atoms with E-state index in [1.54, 1.807) is 11.8 Å². The van der Waals surface area contributed by atoms with E-state index in [9.17, 15) is 14.7 Å². The molecule has 5 heteroatoms. The molecule has 1 aliphatic carbocycles. The molecular formula is C21H26O4S. The monoisotopic (exact) mass is 374 g/mol. The Labute approximate surface area is 159 Å². The average molecular weight is 375 g/mol. The molecule has 140 valence electrons. The number of Topliss-reactive ketones (excluding diaryl/α,β-unsaturated/α-hetero) is 1. The van der Waals surface area contributed by atoms with Crippen molar-refractivity contribution in [3.63, 3.8) is 0 Å². The number of carbonyl (C=O) groups excluding carboxylic acids is 2. The van der Waals surface area contributed by atoms with Crippen LogP contribution in [0.2, 0.25) is 0 Å². The highest BCUT2D eigenvalue weighted by atomic mass is 32.2. The molecule has 1 aromatic rings. The Morgan fingerprint density at radius 1 is 1.31 bits per heavy atom. The third kappa shape index (κ3) is 3.60. The molecule has 6 atom stereocenters. The second-order valence-electron chi connectivity index (χ2n) is 7.47. The van der Waals surface area contributed by atoms with Gasteiger partial charge in [0.25, 0.3) is 0 Å². The molecule has 0 unspecified atom stereocenters. The number of hydrogen-bond acceptors (Lipinski definition) is 5. The van der Waals surface area contributed by atoms with E-state index in [-0.39, 0.29) is 47.9 Å². The Balaban J connectivity index is 1.77. The van der Waals surface area contributed by atoms with E-state index in [1.807, 2.05) is 44.2 Å². The zero-order valence-corrected chi connectivity index (χ0v) is 16.1. The van der Waals surface area contributed by atoms with Crippen LogP contribution in [0.3, 0.4) is 0 Å². The predicted molar refractivity (Wildman–Crippen MR) is 102 cm³/mol. The largest absolute Gasteiger partial charge is 0.461 e. The van der Waals surface area contributed by atoms with Crippen LogP contribution in [0.1, 0.15) is 20.3 Å². The summed E-state index contributed by atoms with van der Waals surface area (Å²) in [5.74, 6) is -0.385. The molecule has 1 N–H and O–H groups in total. The van der Waals surface area contributed by atoms with Crippen LogP contribution >= 0.6 is 11.8 Å². The summed E-state index contributed by atoms with van der Waals surface area (Å²) >= 11 is 1.60. The number of esters is 1. The van der Waals surface area contributed by atoms with Gasteiger partial charge in [0, 0.05) is 34.8 Å². The summed E-state index contributed by atoms with van der Waals surface area (Å²) in [6.45, 7) is 7.75. The highest BCUT2D eigenvalue weighted by molar-refractivity contribution is 7.99. The van der Waals surface area contributed by atoms with Crippen molar-refractivity contribution in [2.75, 3.05) is 12.4 Å². The van der Waals surface area contributed by atoms with E-state index in [2.05, 4.69) is 6.58 Å². The summed E-state index contributed by atoms with van der Waals surface area (Å²) in [7, 11) is 0. The van der Waals surface area contributed by atoms with E-state index < -0.39 is 6.10 Å². The third-order valence-electron chi connectivity index (χ3n) is 5.86. The maximum absolute atomic E-state index is 12.5. The quantitative estimate of drug-likeness (QED) is 0.470. The number of hydrogen-bond donors (Lipinski definition) is 1. The molecule has 0 aromatic heterocycles. The minimum atomic E-state index is -0.419. The Morgan fingerprint density at radius 2 is 2.00 bits per heavy atom. The first kappa shape index (κ1) is 19.2. The fourth-order valence-corrected chi connectivity index (χ4v) is 5.43. The van der Waals surface area contributed by atoms with E-state index in [4.69, 9.17) is 4.74 Å². The minimum absolute atomic E-state index is 0.0184. The Hall–Kier alpha value is -1.59. The molecule has 1 saturated heterocycles. The number of aliphatic hydroxyl groups is 1. The van der Waals surface area contributed by atoms with Crippen molar-refractivity contribution in [3.8, 4) is 0 Å². The van der Waals surface area contributed by atoms with Crippen molar-refractivity contribution in [2.24, 2.45) is 29.6 Å². The molecule has 1 aliphatic heterocycles. The lowest BCUT2D eigenvalue weighted by Crippen LogP contribution is -2.37. The molecule has 0 amide bonds. The Morgan fingerprint density at radius 3 is 2.62 bits per heavy atom. The van der Waals surface area contributed by atoms with Gasteiger partial charge in [0.15, 0.2) is 0 Å². The summed E-state index contributed by atoms with van der Waals surface area (Å²) < 4.78 is 5.74. The van der Waals surface area contributed by atoms with Gasteiger partial charge < -0.3 is 9.84 Å². The Bertz CT molecular complexity index is 687. The topological polar surface area (TPSA) is 63.6 Å². The number of rotatable bonds is 6. The van der Waals surface area contributed by atoms with Crippen LogP contribution in [-0.2, 0) is 14.3 Å². The third-order valence-corrected chi connectivity index (χ3v) is 6.99. The lowest BCUT2D eigenvalue weighted by Gasteiger charge is -2.31. The maximum Gasteiger partial charge on any atom is 0.310 e. The molecule has 2 fully saturated rings. The highest BCUT2D eigenvalue weighted by Crippen LogP contribution is 2.47. The lowest BCUT2D eigenvalue weighted by molar-refractivity contribution is -0.147. The van der Waals surface area contributed by atoms with Gasteiger partial charge in [-0.1, -0.05) is 37.3 Å². The summed E-state index contributed by atoms with van der Waals surface area (Å²) in [6.07, 6.45) is 0.0357. The van der Waals surface area contributed by atoms with Gasteiger partial charge >= 0.3 is 5.97 Å². The number of allylic oxidation sites excluding steroid dienone is 1. The smallest absolute Gasteiger partial charge is 0.310 e. The fourth-order valence-electron chi connectivity index (χ4n) is 4.32. The van der Waals surface area contributed by atoms with Crippen LogP contribution in [0.15, 0.2) is 47.4 Å². The van der Waals surface area contributed by atoms with Gasteiger partial charge in [-0.05, 0) is 25.0 Å². The van der Waals surface area contributed by atoms with Gasteiger partial charge in [-0.3, -0.25) is 9.59 Å². The number of carbonyl (C=O) groups is 2. The van der Waals surface area contributed by atoms with Crippen molar-refractivity contribution >= 4 is 23.5 Å². The van der Waals surface area contributed by atoms with E-state index in [1.165, 1.54) is 0 Å². The minimum Gasteiger partial charge on any atom is -0.461 e. The van der Waals surface area contributed by atoms with Crippen molar-refractivity contribution in [3.05, 3.63) is 42.5 Å². The molecule has 0 spiro atoms.